The van der Waals surface area contributed by atoms with E-state index in [1.165, 1.54) is 0 Å². The first-order valence-electron chi connectivity index (χ1n) is 11.6. The van der Waals surface area contributed by atoms with E-state index >= 15 is 0 Å². The zero-order chi connectivity index (χ0) is 23.1. The van der Waals surface area contributed by atoms with Crippen molar-refractivity contribution in [2.45, 2.75) is 44.8 Å². The molecule has 1 aromatic heterocycles. The van der Waals surface area contributed by atoms with Crippen LogP contribution in [0.2, 0.25) is 10.0 Å². The molecule has 5 rings (SSSR count). The molecule has 0 radical (unpaired) electrons. The van der Waals surface area contributed by atoms with Crippen LogP contribution in [0.1, 0.15) is 38.3 Å². The van der Waals surface area contributed by atoms with Crippen molar-refractivity contribution in [1.82, 2.24) is 19.8 Å². The monoisotopic (exact) mass is 485 g/mol. The molecule has 6 nitrogen and oxygen atoms in total. The molecule has 174 valence electrons. The number of hydrogen-bond acceptors (Lipinski definition) is 4. The van der Waals surface area contributed by atoms with E-state index in [4.69, 9.17) is 23.2 Å². The van der Waals surface area contributed by atoms with Gasteiger partial charge in [-0.15, -0.1) is 0 Å². The van der Waals surface area contributed by atoms with Crippen molar-refractivity contribution in [2.24, 2.45) is 0 Å². The number of carbonyl (C=O) groups is 1. The number of nitrogens with zero attached hydrogens (tertiary/aromatic N) is 4. The Balaban J connectivity index is 1.37. The average molecular weight is 486 g/mol. The predicted octanol–water partition coefficient (Wildman–Crippen LogP) is 4.74. The van der Waals surface area contributed by atoms with E-state index in [1.54, 1.807) is 6.07 Å². The normalized spacial score (nSPS) is 22.2. The summed E-state index contributed by atoms with van der Waals surface area (Å²) in [4.78, 5) is 21.9. The number of hydrogen-bond donors (Lipinski definition) is 1. The van der Waals surface area contributed by atoms with E-state index < -0.39 is 0 Å². The number of anilines is 1. The fourth-order valence-electron chi connectivity index (χ4n) is 5.12. The Morgan fingerprint density at radius 2 is 2.03 bits per heavy atom. The van der Waals surface area contributed by atoms with E-state index in [1.807, 2.05) is 23.4 Å². The highest BCUT2D eigenvalue weighted by molar-refractivity contribution is 6.35. The summed E-state index contributed by atoms with van der Waals surface area (Å²) in [5.41, 5.74) is 4.17. The van der Waals surface area contributed by atoms with Crippen molar-refractivity contribution in [1.29, 1.82) is 0 Å². The third-order valence-electron chi connectivity index (χ3n) is 7.02. The quantitative estimate of drug-likeness (QED) is 0.579. The third kappa shape index (κ3) is 4.32. The molecule has 2 fully saturated rings. The molecule has 0 aliphatic carbocycles. The number of halogens is 2. The summed E-state index contributed by atoms with van der Waals surface area (Å²) in [6, 6.07) is 12.2. The van der Waals surface area contributed by atoms with Gasteiger partial charge in [-0.2, -0.15) is 0 Å². The highest BCUT2D eigenvalue weighted by Gasteiger charge is 2.33. The second kappa shape index (κ2) is 9.16. The lowest BCUT2D eigenvalue weighted by Crippen LogP contribution is -2.57. The van der Waals surface area contributed by atoms with Crippen molar-refractivity contribution in [3.8, 4) is 0 Å². The van der Waals surface area contributed by atoms with Crippen LogP contribution in [0.15, 0.2) is 42.7 Å². The van der Waals surface area contributed by atoms with Gasteiger partial charge in [-0.1, -0.05) is 29.3 Å². The zero-order valence-corrected chi connectivity index (χ0v) is 20.5. The Labute approximate surface area is 204 Å². The third-order valence-corrected chi connectivity index (χ3v) is 7.58. The highest BCUT2D eigenvalue weighted by atomic mass is 35.5. The molecule has 2 saturated heterocycles. The summed E-state index contributed by atoms with van der Waals surface area (Å²) >= 11 is 12.6. The second-order valence-electron chi connectivity index (χ2n) is 9.14. The molecule has 3 atom stereocenters. The maximum atomic E-state index is 12.9. The fourth-order valence-corrected chi connectivity index (χ4v) is 5.69. The summed E-state index contributed by atoms with van der Waals surface area (Å²) in [6.07, 6.45) is 3.90. The molecule has 2 aliphatic heterocycles. The Morgan fingerprint density at radius 1 is 1.18 bits per heavy atom. The van der Waals surface area contributed by atoms with E-state index in [0.717, 1.165) is 61.3 Å². The van der Waals surface area contributed by atoms with Gasteiger partial charge in [0.1, 0.15) is 0 Å². The van der Waals surface area contributed by atoms with E-state index in [9.17, 15) is 4.79 Å². The van der Waals surface area contributed by atoms with Gasteiger partial charge in [0, 0.05) is 41.4 Å². The minimum absolute atomic E-state index is 0.00844. The van der Waals surface area contributed by atoms with E-state index in [2.05, 4.69) is 51.8 Å². The number of rotatable bonds is 4. The molecule has 2 aliphatic rings. The molecule has 1 amide bonds. The standard InChI is InChI=1S/C25H29Cl2N5O/c1-16-14-30(10-11-31(16)25(33)23-4-3-9-28-23)19-6-8-22-24(13-19)32(15-29-22)17(2)20-7-5-18(26)12-21(20)27/h5-8,12-13,15-17,23,28H,3-4,9-11,14H2,1-2H3/t16-,17?,23+/m0/s1. The molecule has 3 heterocycles. The zero-order valence-electron chi connectivity index (χ0n) is 19.0. The van der Waals surface area contributed by atoms with Crippen LogP contribution in [0.25, 0.3) is 11.0 Å². The number of amides is 1. The van der Waals surface area contributed by atoms with E-state index in [0.29, 0.717) is 10.0 Å². The Morgan fingerprint density at radius 3 is 2.76 bits per heavy atom. The highest BCUT2D eigenvalue weighted by Crippen LogP contribution is 2.32. The van der Waals surface area contributed by atoms with Crippen molar-refractivity contribution >= 4 is 45.8 Å². The number of aromatic nitrogens is 2. The summed E-state index contributed by atoms with van der Waals surface area (Å²) < 4.78 is 2.16. The number of nitrogens with one attached hydrogen (secondary N) is 1. The minimum atomic E-state index is -0.00844. The topological polar surface area (TPSA) is 53.4 Å². The maximum absolute atomic E-state index is 12.9. The first kappa shape index (κ1) is 22.5. The Bertz CT molecular complexity index is 1170. The molecule has 0 bridgehead atoms. The molecule has 1 unspecified atom stereocenters. The second-order valence-corrected chi connectivity index (χ2v) is 9.99. The molecule has 3 aromatic rings. The van der Waals surface area contributed by atoms with Gasteiger partial charge in [0.05, 0.1) is 29.4 Å². The lowest BCUT2D eigenvalue weighted by Gasteiger charge is -2.42. The Kier molecular flexibility index (Phi) is 6.25. The van der Waals surface area contributed by atoms with Gasteiger partial charge in [-0.25, -0.2) is 4.98 Å². The molecule has 2 aromatic carbocycles. The van der Waals surface area contributed by atoms with Crippen molar-refractivity contribution < 1.29 is 4.79 Å². The number of piperazine rings is 1. The molecular formula is C25H29Cl2N5O. The lowest BCUT2D eigenvalue weighted by molar-refractivity contribution is -0.135. The molecule has 0 spiro atoms. The first-order chi connectivity index (χ1) is 15.9. The number of imidazole rings is 1. The lowest BCUT2D eigenvalue weighted by atomic mass is 10.1. The van der Waals surface area contributed by atoms with Gasteiger partial charge in [0.2, 0.25) is 5.91 Å². The summed E-state index contributed by atoms with van der Waals surface area (Å²) in [5, 5.41) is 4.62. The van der Waals surface area contributed by atoms with Crippen molar-refractivity contribution in [3.63, 3.8) is 0 Å². The summed E-state index contributed by atoms with van der Waals surface area (Å²) in [5.74, 6) is 0.252. The maximum Gasteiger partial charge on any atom is 0.240 e. The summed E-state index contributed by atoms with van der Waals surface area (Å²) in [6.45, 7) is 7.58. The largest absolute Gasteiger partial charge is 0.368 e. The molecule has 33 heavy (non-hydrogen) atoms. The number of benzene rings is 2. The van der Waals surface area contributed by atoms with Crippen LogP contribution >= 0.6 is 23.2 Å². The van der Waals surface area contributed by atoms with Gasteiger partial charge in [-0.05, 0) is 69.1 Å². The minimum Gasteiger partial charge on any atom is -0.368 e. The van der Waals surface area contributed by atoms with Gasteiger partial charge < -0.3 is 19.7 Å². The predicted molar refractivity (Wildman–Crippen MR) is 134 cm³/mol. The SMILES string of the molecule is CC(c1ccc(Cl)cc1Cl)n1cnc2ccc(N3CCN(C(=O)[C@H]4CCCN4)[C@@H](C)C3)cc21. The van der Waals surface area contributed by atoms with Gasteiger partial charge in [-0.3, -0.25) is 4.79 Å². The van der Waals surface area contributed by atoms with Crippen LogP contribution in [0, 0.1) is 0 Å². The molecule has 1 N–H and O–H groups in total. The van der Waals surface area contributed by atoms with Gasteiger partial charge in [0.25, 0.3) is 0 Å². The fraction of sp³-hybridized carbons (Fsp3) is 0.440. The Hall–Kier alpha value is -2.28. The van der Waals surface area contributed by atoms with Crippen LogP contribution in [-0.2, 0) is 4.79 Å². The van der Waals surface area contributed by atoms with Gasteiger partial charge in [0.15, 0.2) is 0 Å². The van der Waals surface area contributed by atoms with Crippen molar-refractivity contribution in [3.05, 3.63) is 58.3 Å². The average Bonchev–Trinajstić information content (AvgIpc) is 3.48. The van der Waals surface area contributed by atoms with Crippen LogP contribution in [-0.4, -0.2) is 58.6 Å². The number of fused-ring (bicyclic) bond motifs is 1. The van der Waals surface area contributed by atoms with Crippen molar-refractivity contribution in [2.75, 3.05) is 31.1 Å². The molecular weight excluding hydrogens is 457 g/mol. The van der Waals surface area contributed by atoms with E-state index in [-0.39, 0.29) is 24.0 Å². The van der Waals surface area contributed by atoms with Crippen LogP contribution < -0.4 is 10.2 Å². The van der Waals surface area contributed by atoms with Crippen LogP contribution in [0.4, 0.5) is 5.69 Å². The summed E-state index contributed by atoms with van der Waals surface area (Å²) in [7, 11) is 0. The first-order valence-corrected chi connectivity index (χ1v) is 12.4. The molecule has 0 saturated carbocycles. The smallest absolute Gasteiger partial charge is 0.240 e. The van der Waals surface area contributed by atoms with Gasteiger partial charge >= 0.3 is 0 Å². The van der Waals surface area contributed by atoms with Crippen LogP contribution in [0.5, 0.6) is 0 Å². The van der Waals surface area contributed by atoms with Crippen LogP contribution in [0.3, 0.4) is 0 Å². The number of carbonyl (C=O) groups excluding carboxylic acids is 1. The molecule has 8 heteroatoms.